The van der Waals surface area contributed by atoms with Crippen molar-refractivity contribution in [2.75, 3.05) is 27.8 Å². The molecule has 1 heterocycles. The maximum atomic E-state index is 13.0. The summed E-state index contributed by atoms with van der Waals surface area (Å²) in [5.41, 5.74) is 2.68. The molecule has 216 valence electrons. The zero-order valence-electron chi connectivity index (χ0n) is 23.8. The number of aromatic nitrogens is 1. The van der Waals surface area contributed by atoms with E-state index in [0.717, 1.165) is 47.5 Å². The molecule has 1 aromatic heterocycles. The number of hydrogen-bond acceptors (Lipinski definition) is 5. The number of pyridine rings is 1. The van der Waals surface area contributed by atoms with Gasteiger partial charge in [0.15, 0.2) is 0 Å². The van der Waals surface area contributed by atoms with Crippen LogP contribution in [0.25, 0.3) is 22.0 Å². The molecule has 0 aliphatic carbocycles. The van der Waals surface area contributed by atoms with Gasteiger partial charge in [-0.3, -0.25) is 14.7 Å². The Hall–Kier alpha value is -4.11. The molecule has 9 heteroatoms. The van der Waals surface area contributed by atoms with Crippen molar-refractivity contribution in [1.29, 1.82) is 0 Å². The van der Waals surface area contributed by atoms with Gasteiger partial charge in [-0.25, -0.2) is 0 Å². The van der Waals surface area contributed by atoms with Crippen molar-refractivity contribution < 1.29 is 27.4 Å². The number of benzene rings is 3. The Kier molecular flexibility index (Phi) is 9.18. The second-order valence-corrected chi connectivity index (χ2v) is 10.1. The van der Waals surface area contributed by atoms with Gasteiger partial charge in [0.2, 0.25) is 0 Å². The van der Waals surface area contributed by atoms with Crippen molar-refractivity contribution in [3.05, 3.63) is 89.6 Å². The molecule has 0 aliphatic heterocycles. The summed E-state index contributed by atoms with van der Waals surface area (Å²) < 4.78 is 49.8. The van der Waals surface area contributed by atoms with E-state index in [-0.39, 0.29) is 18.0 Å². The van der Waals surface area contributed by atoms with Crippen molar-refractivity contribution in [2.24, 2.45) is 0 Å². The number of amides is 1. The number of fused-ring (bicyclic) bond motifs is 1. The highest BCUT2D eigenvalue weighted by Gasteiger charge is 2.30. The third-order valence-electron chi connectivity index (χ3n) is 7.34. The van der Waals surface area contributed by atoms with E-state index in [2.05, 4.69) is 22.1 Å². The summed E-state index contributed by atoms with van der Waals surface area (Å²) in [5, 5.41) is 3.77. The fourth-order valence-corrected chi connectivity index (χ4v) is 4.73. The highest BCUT2D eigenvalue weighted by atomic mass is 19.4. The van der Waals surface area contributed by atoms with E-state index in [1.807, 2.05) is 38.2 Å². The number of methoxy groups -OCH3 is 2. The quantitative estimate of drug-likeness (QED) is 0.222. The summed E-state index contributed by atoms with van der Waals surface area (Å²) in [6.45, 7) is 4.80. The standard InChI is InChI=1S/C32H34F3N3O3/c1-20(15-16-38(3)21(2)27-14-13-26(40-4)18-29(27)41-5)37-31(39)24-17-23-7-6-8-28(30(23)36-19-24)22-9-11-25(12-10-22)32(33,34)35/h6-14,17-21H,15-16H2,1-5H3,(H,37,39)/t20-,21?/m1/s1. The highest BCUT2D eigenvalue weighted by Crippen LogP contribution is 2.34. The van der Waals surface area contributed by atoms with Crippen LogP contribution in [-0.4, -0.2) is 49.6 Å². The van der Waals surface area contributed by atoms with Crippen LogP contribution in [0.15, 0.2) is 72.9 Å². The number of hydrogen-bond donors (Lipinski definition) is 1. The summed E-state index contributed by atoms with van der Waals surface area (Å²) in [6, 6.07) is 17.9. The fraction of sp³-hybridized carbons (Fsp3) is 0.312. The first-order chi connectivity index (χ1) is 19.5. The predicted molar refractivity (Wildman–Crippen MR) is 154 cm³/mol. The lowest BCUT2D eigenvalue weighted by Gasteiger charge is -2.28. The lowest BCUT2D eigenvalue weighted by atomic mass is 10.00. The van der Waals surface area contributed by atoms with Crippen LogP contribution < -0.4 is 14.8 Å². The second-order valence-electron chi connectivity index (χ2n) is 10.1. The minimum Gasteiger partial charge on any atom is -0.497 e. The monoisotopic (exact) mass is 565 g/mol. The number of para-hydroxylation sites is 1. The molecule has 0 fully saturated rings. The smallest absolute Gasteiger partial charge is 0.416 e. The molecular weight excluding hydrogens is 531 g/mol. The third-order valence-corrected chi connectivity index (χ3v) is 7.34. The fourth-order valence-electron chi connectivity index (χ4n) is 4.73. The molecule has 0 radical (unpaired) electrons. The Morgan fingerprint density at radius 1 is 1.00 bits per heavy atom. The Balaban J connectivity index is 1.40. The molecule has 6 nitrogen and oxygen atoms in total. The lowest BCUT2D eigenvalue weighted by molar-refractivity contribution is -0.137. The van der Waals surface area contributed by atoms with Gasteiger partial charge < -0.3 is 14.8 Å². The SMILES string of the molecule is COc1ccc(C(C)N(C)CC[C@@H](C)NC(=O)c2cnc3c(-c4ccc(C(F)(F)F)cc4)cccc3c2)c(OC)c1. The van der Waals surface area contributed by atoms with Gasteiger partial charge in [0.25, 0.3) is 5.91 Å². The maximum Gasteiger partial charge on any atom is 0.416 e. The molecule has 4 rings (SSSR count). The van der Waals surface area contributed by atoms with Crippen LogP contribution in [0, 0.1) is 0 Å². The van der Waals surface area contributed by atoms with Crippen molar-refractivity contribution in [3.63, 3.8) is 0 Å². The van der Waals surface area contributed by atoms with Crippen LogP contribution in [0.5, 0.6) is 11.5 Å². The van der Waals surface area contributed by atoms with Crippen molar-refractivity contribution >= 4 is 16.8 Å². The largest absolute Gasteiger partial charge is 0.497 e. The van der Waals surface area contributed by atoms with Crippen molar-refractivity contribution in [1.82, 2.24) is 15.2 Å². The molecule has 0 saturated carbocycles. The van der Waals surface area contributed by atoms with Gasteiger partial charge in [0.1, 0.15) is 11.5 Å². The number of carbonyl (C=O) groups is 1. The van der Waals surface area contributed by atoms with Crippen molar-refractivity contribution in [2.45, 2.75) is 38.5 Å². The van der Waals surface area contributed by atoms with Crippen molar-refractivity contribution in [3.8, 4) is 22.6 Å². The first-order valence-corrected chi connectivity index (χ1v) is 13.3. The molecule has 41 heavy (non-hydrogen) atoms. The maximum absolute atomic E-state index is 13.0. The van der Waals surface area contributed by atoms with Crippen LogP contribution in [0.3, 0.4) is 0 Å². The average molecular weight is 566 g/mol. The van der Waals surface area contributed by atoms with Crippen LogP contribution in [0.2, 0.25) is 0 Å². The zero-order valence-corrected chi connectivity index (χ0v) is 23.8. The van der Waals surface area contributed by atoms with Gasteiger partial charge in [-0.1, -0.05) is 36.4 Å². The van der Waals surface area contributed by atoms with Crippen LogP contribution >= 0.6 is 0 Å². The minimum absolute atomic E-state index is 0.0855. The summed E-state index contributed by atoms with van der Waals surface area (Å²) in [5.74, 6) is 1.26. The van der Waals surface area contributed by atoms with Gasteiger partial charge in [0, 0.05) is 47.4 Å². The Bertz CT molecular complexity index is 1510. The topological polar surface area (TPSA) is 63.7 Å². The predicted octanol–water partition coefficient (Wildman–Crippen LogP) is 7.14. The Morgan fingerprint density at radius 2 is 1.73 bits per heavy atom. The van der Waals surface area contributed by atoms with E-state index in [0.29, 0.717) is 22.2 Å². The van der Waals surface area contributed by atoms with Gasteiger partial charge in [-0.15, -0.1) is 0 Å². The van der Waals surface area contributed by atoms with Crippen LogP contribution in [0.4, 0.5) is 13.2 Å². The number of carbonyl (C=O) groups excluding carboxylic acids is 1. The molecular formula is C32H34F3N3O3. The number of rotatable bonds is 10. The first-order valence-electron chi connectivity index (χ1n) is 13.3. The molecule has 2 atom stereocenters. The van der Waals surface area contributed by atoms with E-state index in [1.165, 1.54) is 18.3 Å². The normalized spacial score (nSPS) is 13.2. The Morgan fingerprint density at radius 3 is 2.39 bits per heavy atom. The molecule has 0 aliphatic rings. The first kappa shape index (κ1) is 29.9. The van der Waals surface area contributed by atoms with E-state index >= 15 is 0 Å². The summed E-state index contributed by atoms with van der Waals surface area (Å²) in [7, 11) is 5.29. The molecule has 4 aromatic rings. The minimum atomic E-state index is -4.40. The lowest BCUT2D eigenvalue weighted by Crippen LogP contribution is -2.36. The molecule has 0 saturated heterocycles. The van der Waals surface area contributed by atoms with E-state index < -0.39 is 11.7 Å². The van der Waals surface area contributed by atoms with E-state index in [9.17, 15) is 18.0 Å². The van der Waals surface area contributed by atoms with Crippen LogP contribution in [-0.2, 0) is 6.18 Å². The van der Waals surface area contributed by atoms with E-state index in [4.69, 9.17) is 9.47 Å². The average Bonchev–Trinajstić information content (AvgIpc) is 2.98. The van der Waals surface area contributed by atoms with Crippen LogP contribution in [0.1, 0.15) is 47.8 Å². The number of nitrogens with zero attached hydrogens (tertiary/aromatic N) is 2. The third kappa shape index (κ3) is 6.97. The number of halogens is 3. The molecule has 3 aromatic carbocycles. The van der Waals surface area contributed by atoms with Gasteiger partial charge in [0.05, 0.1) is 30.9 Å². The Labute approximate surface area is 238 Å². The van der Waals surface area contributed by atoms with E-state index in [1.54, 1.807) is 32.4 Å². The molecule has 0 spiro atoms. The van der Waals surface area contributed by atoms with Gasteiger partial charge >= 0.3 is 6.18 Å². The summed E-state index contributed by atoms with van der Waals surface area (Å²) in [4.78, 5) is 19.7. The number of nitrogens with one attached hydrogen (secondary N) is 1. The number of ether oxygens (including phenoxy) is 2. The van der Waals surface area contributed by atoms with Gasteiger partial charge in [-0.2, -0.15) is 13.2 Å². The molecule has 1 amide bonds. The molecule has 0 bridgehead atoms. The number of alkyl halides is 3. The highest BCUT2D eigenvalue weighted by molar-refractivity contribution is 6.00. The molecule has 1 N–H and O–H groups in total. The zero-order chi connectivity index (χ0) is 29.7. The second kappa shape index (κ2) is 12.6. The van der Waals surface area contributed by atoms with Gasteiger partial charge in [-0.05, 0) is 57.1 Å². The summed E-state index contributed by atoms with van der Waals surface area (Å²) in [6.07, 6.45) is -2.17. The molecule has 1 unspecified atom stereocenters. The summed E-state index contributed by atoms with van der Waals surface area (Å²) >= 11 is 0.